The van der Waals surface area contributed by atoms with Gasteiger partial charge in [-0.2, -0.15) is 0 Å². The number of epoxide rings is 1. The lowest BCUT2D eigenvalue weighted by atomic mass is 9.95. The number of hydrogen-bond acceptors (Lipinski definition) is 1. The van der Waals surface area contributed by atoms with E-state index < -0.39 is 0 Å². The summed E-state index contributed by atoms with van der Waals surface area (Å²) < 4.78 is 5.50. The van der Waals surface area contributed by atoms with Gasteiger partial charge in [-0.25, -0.2) is 0 Å². The highest BCUT2D eigenvalue weighted by atomic mass is 35.5. The first kappa shape index (κ1) is 12.4. The van der Waals surface area contributed by atoms with E-state index in [0.29, 0.717) is 12.2 Å². The summed E-state index contributed by atoms with van der Waals surface area (Å²) in [5, 5.41) is 0.785. The Morgan fingerprint density at radius 1 is 0.850 bits per heavy atom. The van der Waals surface area contributed by atoms with Crippen molar-refractivity contribution >= 4 is 11.6 Å². The van der Waals surface area contributed by atoms with Gasteiger partial charge < -0.3 is 4.74 Å². The van der Waals surface area contributed by atoms with E-state index in [1.807, 2.05) is 12.1 Å². The van der Waals surface area contributed by atoms with Crippen molar-refractivity contribution in [2.75, 3.05) is 0 Å². The molecule has 0 bridgehead atoms. The lowest BCUT2D eigenvalue weighted by Gasteiger charge is -2.11. The van der Waals surface area contributed by atoms with Crippen LogP contribution in [0, 0.1) is 5.92 Å². The van der Waals surface area contributed by atoms with Gasteiger partial charge in [0.15, 0.2) is 0 Å². The molecule has 1 saturated carbocycles. The Kier molecular flexibility index (Phi) is 3.05. The first-order chi connectivity index (χ1) is 9.78. The number of fused-ring (bicyclic) bond motifs is 1. The fourth-order valence-corrected chi connectivity index (χ4v) is 3.45. The summed E-state index contributed by atoms with van der Waals surface area (Å²) in [4.78, 5) is 0. The van der Waals surface area contributed by atoms with Gasteiger partial charge in [0.25, 0.3) is 0 Å². The highest BCUT2D eigenvalue weighted by Crippen LogP contribution is 2.43. The van der Waals surface area contributed by atoms with Crippen molar-refractivity contribution in [2.24, 2.45) is 5.92 Å². The minimum Gasteiger partial charge on any atom is -0.370 e. The lowest BCUT2D eigenvalue weighted by Crippen LogP contribution is -2.03. The molecule has 1 saturated heterocycles. The summed E-state index contributed by atoms with van der Waals surface area (Å²) in [6.07, 6.45) is 4.88. The van der Waals surface area contributed by atoms with E-state index in [-0.39, 0.29) is 0 Å². The van der Waals surface area contributed by atoms with Gasteiger partial charge in [-0.3, -0.25) is 0 Å². The van der Waals surface area contributed by atoms with E-state index in [4.69, 9.17) is 16.3 Å². The number of hydrogen-bond donors (Lipinski definition) is 0. The SMILES string of the molecule is Clc1ccc(-c2ccc(C[C@H]3C[C@@H]4O[C@@H]4C3)cc2)cc1. The first-order valence-electron chi connectivity index (χ1n) is 7.28. The summed E-state index contributed by atoms with van der Waals surface area (Å²) in [7, 11) is 0. The van der Waals surface area contributed by atoms with Gasteiger partial charge in [-0.15, -0.1) is 0 Å². The van der Waals surface area contributed by atoms with Crippen LogP contribution in [0.15, 0.2) is 48.5 Å². The molecule has 20 heavy (non-hydrogen) atoms. The van der Waals surface area contributed by atoms with Crippen LogP contribution in [0.3, 0.4) is 0 Å². The fraction of sp³-hybridized carbons (Fsp3) is 0.333. The molecular formula is C18H17ClO. The third-order valence-corrected chi connectivity index (χ3v) is 4.73. The Hall–Kier alpha value is -1.31. The molecule has 1 heterocycles. The van der Waals surface area contributed by atoms with Crippen LogP contribution in [0.4, 0.5) is 0 Å². The number of halogens is 1. The third-order valence-electron chi connectivity index (χ3n) is 4.47. The topological polar surface area (TPSA) is 12.5 Å². The van der Waals surface area contributed by atoms with Gasteiger partial charge in [0.1, 0.15) is 0 Å². The van der Waals surface area contributed by atoms with Gasteiger partial charge in [0, 0.05) is 5.02 Å². The van der Waals surface area contributed by atoms with Crippen LogP contribution < -0.4 is 0 Å². The molecule has 1 nitrogen and oxygen atoms in total. The van der Waals surface area contributed by atoms with Gasteiger partial charge in [-0.1, -0.05) is 48.0 Å². The molecular weight excluding hydrogens is 268 g/mol. The molecule has 0 N–H and O–H groups in total. The average molecular weight is 285 g/mol. The summed E-state index contributed by atoms with van der Waals surface area (Å²) in [6, 6.07) is 17.0. The van der Waals surface area contributed by atoms with Crippen LogP contribution in [0.5, 0.6) is 0 Å². The van der Waals surface area contributed by atoms with Crippen molar-refractivity contribution in [3.63, 3.8) is 0 Å². The van der Waals surface area contributed by atoms with Gasteiger partial charge in [0.2, 0.25) is 0 Å². The van der Waals surface area contributed by atoms with Crippen LogP contribution in [-0.4, -0.2) is 12.2 Å². The molecule has 1 aliphatic heterocycles. The zero-order chi connectivity index (χ0) is 13.5. The highest BCUT2D eigenvalue weighted by molar-refractivity contribution is 6.30. The van der Waals surface area contributed by atoms with E-state index >= 15 is 0 Å². The number of ether oxygens (including phenoxy) is 1. The Bertz CT molecular complexity index is 592. The third kappa shape index (κ3) is 2.48. The van der Waals surface area contributed by atoms with Crippen molar-refractivity contribution in [2.45, 2.75) is 31.5 Å². The standard InChI is InChI=1S/C18H17ClO/c19-16-7-5-15(6-8-16)14-3-1-12(2-4-14)9-13-10-17-18(11-13)20-17/h1-8,13,17-18H,9-11H2/t13-,17-,18+. The summed E-state index contributed by atoms with van der Waals surface area (Å²) in [6.45, 7) is 0. The minimum atomic E-state index is 0.591. The molecule has 0 radical (unpaired) electrons. The van der Waals surface area contributed by atoms with E-state index in [1.54, 1.807) is 0 Å². The fourth-order valence-electron chi connectivity index (χ4n) is 3.32. The molecule has 2 heteroatoms. The Labute approximate surface area is 124 Å². The second kappa shape index (κ2) is 4.91. The zero-order valence-corrected chi connectivity index (χ0v) is 12.0. The second-order valence-corrected chi connectivity index (χ2v) is 6.39. The lowest BCUT2D eigenvalue weighted by molar-refractivity contribution is 0.272. The van der Waals surface area contributed by atoms with Crippen molar-refractivity contribution < 1.29 is 4.74 Å². The second-order valence-electron chi connectivity index (χ2n) is 5.96. The summed E-state index contributed by atoms with van der Waals surface area (Å²) in [5.74, 6) is 0.820. The maximum absolute atomic E-state index is 5.92. The molecule has 102 valence electrons. The van der Waals surface area contributed by atoms with Crippen LogP contribution in [0.2, 0.25) is 5.02 Å². The van der Waals surface area contributed by atoms with E-state index in [0.717, 1.165) is 10.9 Å². The van der Waals surface area contributed by atoms with Gasteiger partial charge in [0.05, 0.1) is 12.2 Å². The van der Waals surface area contributed by atoms with Crippen molar-refractivity contribution in [1.82, 2.24) is 0 Å². The Balaban J connectivity index is 1.46. The van der Waals surface area contributed by atoms with Crippen LogP contribution in [0.1, 0.15) is 18.4 Å². The quantitative estimate of drug-likeness (QED) is 0.743. The molecule has 0 aromatic heterocycles. The predicted molar refractivity (Wildman–Crippen MR) is 82.0 cm³/mol. The van der Waals surface area contributed by atoms with Crippen molar-refractivity contribution in [1.29, 1.82) is 0 Å². The molecule has 0 spiro atoms. The van der Waals surface area contributed by atoms with Crippen LogP contribution in [-0.2, 0) is 11.2 Å². The van der Waals surface area contributed by atoms with Crippen molar-refractivity contribution in [3.8, 4) is 11.1 Å². The van der Waals surface area contributed by atoms with Crippen LogP contribution >= 0.6 is 11.6 Å². The van der Waals surface area contributed by atoms with Gasteiger partial charge >= 0.3 is 0 Å². The monoisotopic (exact) mass is 284 g/mol. The number of rotatable bonds is 3. The smallest absolute Gasteiger partial charge is 0.0844 e. The van der Waals surface area contributed by atoms with E-state index in [1.165, 1.54) is 36.0 Å². The molecule has 1 aliphatic carbocycles. The largest absolute Gasteiger partial charge is 0.370 e. The normalized spacial score (nSPS) is 27.4. The molecule has 2 aromatic rings. The maximum atomic E-state index is 5.92. The van der Waals surface area contributed by atoms with Crippen LogP contribution in [0.25, 0.3) is 11.1 Å². The molecule has 2 aromatic carbocycles. The minimum absolute atomic E-state index is 0.591. The Morgan fingerprint density at radius 2 is 1.40 bits per heavy atom. The molecule has 3 atom stereocenters. The highest BCUT2D eigenvalue weighted by Gasteiger charge is 2.47. The van der Waals surface area contributed by atoms with Crippen molar-refractivity contribution in [3.05, 3.63) is 59.1 Å². The van der Waals surface area contributed by atoms with E-state index in [2.05, 4.69) is 36.4 Å². The predicted octanol–water partition coefficient (Wildman–Crippen LogP) is 4.73. The average Bonchev–Trinajstić information content (AvgIpc) is 3.08. The molecule has 0 amide bonds. The molecule has 2 aliphatic rings. The first-order valence-corrected chi connectivity index (χ1v) is 7.66. The maximum Gasteiger partial charge on any atom is 0.0844 e. The summed E-state index contributed by atoms with van der Waals surface area (Å²) >= 11 is 5.92. The molecule has 4 rings (SSSR count). The van der Waals surface area contributed by atoms with E-state index in [9.17, 15) is 0 Å². The number of benzene rings is 2. The molecule has 0 unspecified atom stereocenters. The zero-order valence-electron chi connectivity index (χ0n) is 11.3. The molecule has 2 fully saturated rings. The van der Waals surface area contributed by atoms with Gasteiger partial charge in [-0.05, 0) is 54.0 Å². The Morgan fingerprint density at radius 3 is 2.00 bits per heavy atom. The summed E-state index contributed by atoms with van der Waals surface area (Å²) in [5.41, 5.74) is 3.91.